The molecule has 3 N–H and O–H groups in total. The fourth-order valence-corrected chi connectivity index (χ4v) is 6.58. The van der Waals surface area contributed by atoms with Crippen LogP contribution in [0.2, 0.25) is 0 Å². The second-order valence-corrected chi connectivity index (χ2v) is 13.0. The number of ether oxygens (including phenoxy) is 2. The molecule has 3 aliphatic heterocycles. The summed E-state index contributed by atoms with van der Waals surface area (Å²) in [4.78, 5) is 45.6. The van der Waals surface area contributed by atoms with E-state index in [4.69, 9.17) is 9.47 Å². The van der Waals surface area contributed by atoms with E-state index < -0.39 is 23.1 Å². The predicted molar refractivity (Wildman–Crippen MR) is 192 cm³/mol. The molecule has 1 aliphatic carbocycles. The zero-order chi connectivity index (χ0) is 32.1. The lowest BCUT2D eigenvalue weighted by molar-refractivity contribution is -0.154. The second-order valence-electron chi connectivity index (χ2n) is 13.0. The molecule has 2 atom stereocenters. The summed E-state index contributed by atoms with van der Waals surface area (Å²) >= 11 is 0. The number of carbonyl (C=O) groups is 3. The zero-order valence-electron chi connectivity index (χ0n) is 27.7. The number of urea groups is 1. The quantitative estimate of drug-likeness (QED) is 0.255. The molecule has 2 unspecified atom stereocenters. The lowest BCUT2D eigenvalue weighted by Crippen LogP contribution is -2.58. The summed E-state index contributed by atoms with van der Waals surface area (Å²) in [6.45, 7) is 6.59. The summed E-state index contributed by atoms with van der Waals surface area (Å²) in [6, 6.07) is 14.0. The minimum atomic E-state index is -1.29. The Hall–Kier alpha value is -2.87. The van der Waals surface area contributed by atoms with Gasteiger partial charge in [-0.05, 0) is 56.8 Å². The first-order valence-electron chi connectivity index (χ1n) is 16.5. The number of likely N-dealkylation sites (N-methyl/N-ethyl adjacent to an activating group) is 1. The van der Waals surface area contributed by atoms with Gasteiger partial charge in [0.2, 0.25) is 5.91 Å². The molecule has 11 nitrogen and oxygen atoms in total. The number of benzene rings is 2. The largest absolute Gasteiger partial charge is 0.490 e. The van der Waals surface area contributed by atoms with E-state index in [0.29, 0.717) is 44.0 Å². The first kappa shape index (κ1) is 40.6. The Bertz CT molecular complexity index is 1390. The topological polar surface area (TPSA) is 115 Å². The van der Waals surface area contributed by atoms with Gasteiger partial charge in [-0.3, -0.25) is 19.8 Å². The molecule has 15 heteroatoms. The number of piperazine rings is 1. The van der Waals surface area contributed by atoms with E-state index in [1.807, 2.05) is 35.2 Å². The summed E-state index contributed by atoms with van der Waals surface area (Å²) in [7, 11) is 2.16. The van der Waals surface area contributed by atoms with Crippen LogP contribution in [-0.4, -0.2) is 104 Å². The van der Waals surface area contributed by atoms with Gasteiger partial charge in [-0.15, -0.1) is 37.2 Å². The van der Waals surface area contributed by atoms with Crippen molar-refractivity contribution in [2.45, 2.75) is 63.4 Å². The Morgan fingerprint density at radius 2 is 1.63 bits per heavy atom. The summed E-state index contributed by atoms with van der Waals surface area (Å²) in [6.07, 6.45) is 3.47. The molecule has 0 radical (unpaired) electrons. The van der Waals surface area contributed by atoms with Crippen LogP contribution in [0.25, 0.3) is 0 Å². The number of nitrogens with zero attached hydrogens (tertiary/aromatic N) is 3. The zero-order valence-corrected chi connectivity index (χ0v) is 30.2. The third-order valence-corrected chi connectivity index (χ3v) is 9.74. The Kier molecular flexibility index (Phi) is 15.2. The van der Waals surface area contributed by atoms with Crippen LogP contribution in [0.4, 0.5) is 14.9 Å². The first-order chi connectivity index (χ1) is 22.3. The van der Waals surface area contributed by atoms with Crippen LogP contribution >= 0.6 is 37.2 Å². The average molecular weight is 746 g/mol. The first-order valence-corrected chi connectivity index (χ1v) is 16.5. The minimum Gasteiger partial charge on any atom is -0.490 e. The molecule has 3 amide bonds. The van der Waals surface area contributed by atoms with Gasteiger partial charge in [-0.2, -0.15) is 0 Å². The molecule has 4 fully saturated rings. The molecular formula is C34H48Cl3FN6O5. The number of carbonyl (C=O) groups excluding carboxylic acids is 3. The summed E-state index contributed by atoms with van der Waals surface area (Å²) in [5.41, 5.74) is -0.481. The summed E-state index contributed by atoms with van der Waals surface area (Å²) in [5.74, 6) is -1.49. The van der Waals surface area contributed by atoms with Gasteiger partial charge in [0.15, 0.2) is 0 Å². The molecular weight excluding hydrogens is 698 g/mol. The molecule has 0 spiro atoms. The van der Waals surface area contributed by atoms with E-state index in [1.54, 1.807) is 6.07 Å². The monoisotopic (exact) mass is 744 g/mol. The highest BCUT2D eigenvalue weighted by atomic mass is 35.5. The van der Waals surface area contributed by atoms with Crippen LogP contribution < -0.4 is 20.7 Å². The highest BCUT2D eigenvalue weighted by Crippen LogP contribution is 2.48. The molecule has 2 aromatic rings. The van der Waals surface area contributed by atoms with Crippen molar-refractivity contribution in [2.24, 2.45) is 5.41 Å². The van der Waals surface area contributed by atoms with Crippen molar-refractivity contribution in [1.82, 2.24) is 25.3 Å². The van der Waals surface area contributed by atoms with E-state index in [9.17, 15) is 14.4 Å². The van der Waals surface area contributed by atoms with Crippen LogP contribution in [0, 0.1) is 11.2 Å². The summed E-state index contributed by atoms with van der Waals surface area (Å²) in [5, 5.41) is 9.03. The predicted octanol–water partition coefficient (Wildman–Crippen LogP) is 4.43. The fourth-order valence-electron chi connectivity index (χ4n) is 6.58. The van der Waals surface area contributed by atoms with E-state index >= 15 is 4.39 Å². The van der Waals surface area contributed by atoms with Gasteiger partial charge in [0.05, 0.1) is 11.9 Å². The number of likely N-dealkylation sites (tertiary alicyclic amines) is 1. The van der Waals surface area contributed by atoms with E-state index in [1.165, 1.54) is 12.1 Å². The normalized spacial score (nSPS) is 22.3. The number of hydrogen-bond donors (Lipinski definition) is 3. The van der Waals surface area contributed by atoms with Crippen molar-refractivity contribution in [3.8, 4) is 5.75 Å². The number of rotatable bonds is 9. The maximum absolute atomic E-state index is 15.1. The molecule has 3 saturated heterocycles. The molecule has 272 valence electrons. The fraction of sp³-hybridized carbons (Fsp3) is 0.559. The standard InChI is InChI=1S/C34H45FN6O5.3ClH/c1-39-17-19-40(20-18-39)25-10-15-41(16-11-25)33(44)38-30-22-27(9-14-36-30)46-26-7-8-29(28(35)21-26)37-31(42)34(12-13-34)32(43)45-23-24-5-3-2-4-6-24;;;/h2-8,21,25,27,30,36H,9-20,22-23H2,1H3,(H,37,42)(H,38,44);3*1H. The van der Waals surface area contributed by atoms with Crippen molar-refractivity contribution in [2.75, 3.05) is 58.2 Å². The highest BCUT2D eigenvalue weighted by molar-refractivity contribution is 6.11. The van der Waals surface area contributed by atoms with Crippen LogP contribution in [0.3, 0.4) is 0 Å². The maximum atomic E-state index is 15.1. The van der Waals surface area contributed by atoms with Crippen LogP contribution in [0.15, 0.2) is 48.5 Å². The number of nitrogens with one attached hydrogen (secondary N) is 3. The molecule has 49 heavy (non-hydrogen) atoms. The smallest absolute Gasteiger partial charge is 0.321 e. The lowest BCUT2D eigenvalue weighted by Gasteiger charge is -2.42. The Balaban J connectivity index is 0.00000217. The average Bonchev–Trinajstić information content (AvgIpc) is 3.89. The number of hydrogen-bond acceptors (Lipinski definition) is 8. The molecule has 0 bridgehead atoms. The van der Waals surface area contributed by atoms with E-state index in [-0.39, 0.29) is 67.8 Å². The van der Waals surface area contributed by atoms with Crippen molar-refractivity contribution in [3.05, 3.63) is 59.9 Å². The van der Waals surface area contributed by atoms with Crippen LogP contribution in [0.5, 0.6) is 5.75 Å². The number of esters is 1. The highest BCUT2D eigenvalue weighted by Gasteiger charge is 2.58. The van der Waals surface area contributed by atoms with Crippen molar-refractivity contribution >= 4 is 60.8 Å². The van der Waals surface area contributed by atoms with Gasteiger partial charge >= 0.3 is 12.0 Å². The summed E-state index contributed by atoms with van der Waals surface area (Å²) < 4.78 is 26.6. The lowest BCUT2D eigenvalue weighted by atomic mass is 10.0. The number of halogens is 4. The number of amides is 3. The van der Waals surface area contributed by atoms with Crippen LogP contribution in [-0.2, 0) is 20.9 Å². The molecule has 1 saturated carbocycles. The second kappa shape index (κ2) is 18.4. The maximum Gasteiger partial charge on any atom is 0.321 e. The van der Waals surface area contributed by atoms with Gasteiger partial charge in [0.25, 0.3) is 0 Å². The van der Waals surface area contributed by atoms with Gasteiger partial charge < -0.3 is 29.9 Å². The molecule has 3 heterocycles. The van der Waals surface area contributed by atoms with Gasteiger partial charge in [-0.1, -0.05) is 30.3 Å². The van der Waals surface area contributed by atoms with Crippen LogP contribution in [0.1, 0.15) is 44.1 Å². The SMILES string of the molecule is CN1CCN(C2CCN(C(=O)NC3CC(Oc4ccc(NC(=O)C5(C(=O)OCc6ccccc6)CC5)c(F)c4)CCN3)CC2)CC1.Cl.Cl.Cl. The number of anilines is 1. The number of piperidine rings is 2. The minimum absolute atomic E-state index is 0. The van der Waals surface area contributed by atoms with Gasteiger partial charge in [0, 0.05) is 64.3 Å². The van der Waals surface area contributed by atoms with E-state index in [2.05, 4.69) is 32.8 Å². The Labute approximate surface area is 306 Å². The molecule has 2 aromatic carbocycles. The molecule has 4 aliphatic rings. The van der Waals surface area contributed by atoms with Crippen molar-refractivity contribution in [3.63, 3.8) is 0 Å². The van der Waals surface area contributed by atoms with Crippen molar-refractivity contribution < 1.29 is 28.2 Å². The van der Waals surface area contributed by atoms with E-state index in [0.717, 1.165) is 57.7 Å². The Morgan fingerprint density at radius 1 is 0.939 bits per heavy atom. The molecule has 0 aromatic heterocycles. The van der Waals surface area contributed by atoms with Crippen molar-refractivity contribution in [1.29, 1.82) is 0 Å². The Morgan fingerprint density at radius 3 is 2.29 bits per heavy atom. The van der Waals surface area contributed by atoms with Gasteiger partial charge in [-0.25, -0.2) is 9.18 Å². The third kappa shape index (κ3) is 10.3. The molecule has 6 rings (SSSR count). The van der Waals surface area contributed by atoms with Gasteiger partial charge in [0.1, 0.15) is 29.7 Å². The third-order valence-electron chi connectivity index (χ3n) is 9.74.